The molecule has 9 nitrogen and oxygen atoms in total. The quantitative estimate of drug-likeness (QED) is 0.241. The molecule has 6 rings (SSSR count). The minimum atomic E-state index is -0.766. The summed E-state index contributed by atoms with van der Waals surface area (Å²) in [7, 11) is 0. The number of hydrogen-bond donors (Lipinski definition) is 3. The number of nitrogens with one attached hydrogen (secondary N) is 2. The van der Waals surface area contributed by atoms with E-state index in [0.717, 1.165) is 11.3 Å². The molecule has 196 valence electrons. The van der Waals surface area contributed by atoms with Crippen molar-refractivity contribution in [2.45, 2.75) is 16.2 Å². The number of carbonyl (C=O) groups is 3. The molecule has 3 heterocycles. The summed E-state index contributed by atoms with van der Waals surface area (Å²) in [5.41, 5.74) is 1.60. The highest BCUT2D eigenvalue weighted by molar-refractivity contribution is 8.00. The largest absolute Gasteiger partial charge is 0.508 e. The van der Waals surface area contributed by atoms with E-state index >= 15 is 0 Å². The number of fused-ring (bicyclic) bond motifs is 2. The van der Waals surface area contributed by atoms with Gasteiger partial charge in [-0.25, -0.2) is 4.90 Å². The van der Waals surface area contributed by atoms with Gasteiger partial charge >= 0.3 is 4.87 Å². The van der Waals surface area contributed by atoms with Crippen LogP contribution in [-0.4, -0.2) is 39.7 Å². The molecule has 0 radical (unpaired) electrons. The fourth-order valence-electron chi connectivity index (χ4n) is 4.94. The number of aromatic hydroxyl groups is 1. The number of thioether (sulfide) groups is 1. The maximum Gasteiger partial charge on any atom is 0.305 e. The van der Waals surface area contributed by atoms with Crippen molar-refractivity contribution in [3.63, 3.8) is 0 Å². The van der Waals surface area contributed by atoms with Gasteiger partial charge in [0, 0.05) is 22.0 Å². The first-order chi connectivity index (χ1) is 18.9. The van der Waals surface area contributed by atoms with E-state index in [1.807, 2.05) is 6.07 Å². The predicted octanol–water partition coefficient (Wildman–Crippen LogP) is 3.96. The standard InChI is InChI=1S/C28H21N3O6S2/c32-17-12-10-15(11-13-17)29-20(33)14-37-19-9-5-4-8-18(19)21-22-24(38-25-23(21)39-28(36)30-25)27(35)31(26(22)34)16-6-2-1-3-7-16/h1-13,21-22,24,32H,14H2,(H,29,33)(H,30,36). The highest BCUT2D eigenvalue weighted by Crippen LogP contribution is 2.54. The third-order valence-corrected chi connectivity index (χ3v) is 9.00. The molecule has 3 amide bonds. The molecule has 2 aliphatic rings. The zero-order valence-electron chi connectivity index (χ0n) is 20.2. The topological polar surface area (TPSA) is 129 Å². The first kappa shape index (κ1) is 25.0. The van der Waals surface area contributed by atoms with E-state index in [4.69, 9.17) is 4.74 Å². The van der Waals surface area contributed by atoms with Gasteiger partial charge in [-0.2, -0.15) is 0 Å². The Morgan fingerprint density at radius 2 is 1.67 bits per heavy atom. The Balaban J connectivity index is 1.33. The minimum absolute atomic E-state index is 0.0827. The molecule has 3 unspecified atom stereocenters. The maximum absolute atomic E-state index is 13.8. The van der Waals surface area contributed by atoms with Crippen LogP contribution in [0.5, 0.6) is 11.5 Å². The number of anilines is 2. The number of phenolic OH excluding ortho intramolecular Hbond substituents is 1. The van der Waals surface area contributed by atoms with E-state index in [-0.39, 0.29) is 29.0 Å². The fourth-order valence-corrected chi connectivity index (χ4v) is 7.44. The van der Waals surface area contributed by atoms with Gasteiger partial charge in [-0.1, -0.05) is 59.5 Å². The van der Waals surface area contributed by atoms with Gasteiger partial charge in [0.15, 0.2) is 6.61 Å². The number of para-hydroxylation sites is 2. The van der Waals surface area contributed by atoms with Crippen molar-refractivity contribution in [2.75, 3.05) is 16.8 Å². The fraction of sp³-hybridized carbons (Fsp3) is 0.143. The minimum Gasteiger partial charge on any atom is -0.508 e. The van der Waals surface area contributed by atoms with Gasteiger partial charge in [0.05, 0.1) is 16.6 Å². The second-order valence-electron chi connectivity index (χ2n) is 9.02. The number of amides is 3. The van der Waals surface area contributed by atoms with Gasteiger partial charge < -0.3 is 20.1 Å². The van der Waals surface area contributed by atoms with Crippen LogP contribution in [0.4, 0.5) is 11.4 Å². The Morgan fingerprint density at radius 1 is 0.949 bits per heavy atom. The maximum atomic E-state index is 13.8. The highest BCUT2D eigenvalue weighted by atomic mass is 32.2. The summed E-state index contributed by atoms with van der Waals surface area (Å²) >= 11 is 2.21. The summed E-state index contributed by atoms with van der Waals surface area (Å²) in [6, 6.07) is 21.9. The van der Waals surface area contributed by atoms with Gasteiger partial charge in [0.1, 0.15) is 16.7 Å². The number of imide groups is 1. The molecule has 1 aromatic heterocycles. The number of aromatic nitrogens is 1. The molecule has 0 aliphatic carbocycles. The lowest BCUT2D eigenvalue weighted by molar-refractivity contribution is -0.122. The van der Waals surface area contributed by atoms with E-state index in [2.05, 4.69) is 10.3 Å². The zero-order valence-corrected chi connectivity index (χ0v) is 21.8. The zero-order chi connectivity index (χ0) is 27.1. The number of aromatic amines is 1. The third kappa shape index (κ3) is 4.59. The molecule has 0 saturated carbocycles. The van der Waals surface area contributed by atoms with Crippen molar-refractivity contribution in [3.8, 4) is 11.5 Å². The van der Waals surface area contributed by atoms with Crippen molar-refractivity contribution in [1.82, 2.24) is 4.98 Å². The molecule has 4 aromatic rings. The van der Waals surface area contributed by atoms with Crippen molar-refractivity contribution in [1.29, 1.82) is 0 Å². The smallest absolute Gasteiger partial charge is 0.305 e. The van der Waals surface area contributed by atoms with Crippen LogP contribution in [-0.2, 0) is 14.4 Å². The molecule has 3 atom stereocenters. The lowest BCUT2D eigenvalue weighted by Crippen LogP contribution is -2.32. The number of thiazole rings is 1. The van der Waals surface area contributed by atoms with Gasteiger partial charge in [-0.15, -0.1) is 0 Å². The van der Waals surface area contributed by atoms with Gasteiger partial charge in [-0.3, -0.25) is 19.2 Å². The second-order valence-corrected chi connectivity index (χ2v) is 11.2. The molecule has 1 saturated heterocycles. The van der Waals surface area contributed by atoms with Crippen LogP contribution < -0.4 is 19.8 Å². The molecule has 3 N–H and O–H groups in total. The average Bonchev–Trinajstić information content (AvgIpc) is 3.43. The normalized spacial score (nSPS) is 19.9. The molecule has 3 aromatic carbocycles. The summed E-state index contributed by atoms with van der Waals surface area (Å²) < 4.78 is 5.93. The molecule has 0 bridgehead atoms. The first-order valence-electron chi connectivity index (χ1n) is 12.0. The van der Waals surface area contributed by atoms with Crippen LogP contribution in [0.2, 0.25) is 0 Å². The van der Waals surface area contributed by atoms with Crippen LogP contribution in [0, 0.1) is 5.92 Å². The van der Waals surface area contributed by atoms with Gasteiger partial charge in [-0.05, 0) is 42.5 Å². The molecule has 2 aliphatic heterocycles. The molecule has 11 heteroatoms. The van der Waals surface area contributed by atoms with Crippen LogP contribution in [0.15, 0.2) is 88.7 Å². The van der Waals surface area contributed by atoms with Crippen LogP contribution in [0.3, 0.4) is 0 Å². The van der Waals surface area contributed by atoms with E-state index in [0.29, 0.717) is 32.6 Å². The van der Waals surface area contributed by atoms with E-state index in [9.17, 15) is 24.3 Å². The molecule has 39 heavy (non-hydrogen) atoms. The monoisotopic (exact) mass is 559 g/mol. The van der Waals surface area contributed by atoms with Gasteiger partial charge in [0.25, 0.3) is 5.91 Å². The van der Waals surface area contributed by atoms with Crippen LogP contribution >= 0.6 is 23.1 Å². The SMILES string of the molecule is O=C(COc1ccccc1C1c2sc(=O)[nH]c2SC2C(=O)N(c3ccccc3)C(=O)C21)Nc1ccc(O)cc1. The average molecular weight is 560 g/mol. The number of H-pyrrole nitrogens is 1. The Bertz CT molecular complexity index is 1630. The van der Waals surface area contributed by atoms with Gasteiger partial charge in [0.2, 0.25) is 11.8 Å². The van der Waals surface area contributed by atoms with E-state index in [1.54, 1.807) is 60.7 Å². The second kappa shape index (κ2) is 10.1. The molecule has 1 fully saturated rings. The van der Waals surface area contributed by atoms with Crippen molar-refractivity contribution >= 4 is 52.2 Å². The number of ether oxygens (including phenoxy) is 1. The third-order valence-electron chi connectivity index (χ3n) is 6.60. The highest BCUT2D eigenvalue weighted by Gasteiger charge is 2.56. The van der Waals surface area contributed by atoms with Crippen molar-refractivity contribution in [2.24, 2.45) is 5.92 Å². The van der Waals surface area contributed by atoms with E-state index < -0.39 is 23.0 Å². The summed E-state index contributed by atoms with van der Waals surface area (Å²) in [5, 5.41) is 12.0. The lowest BCUT2D eigenvalue weighted by Gasteiger charge is -2.30. The van der Waals surface area contributed by atoms with Crippen molar-refractivity contribution < 1.29 is 24.2 Å². The summed E-state index contributed by atoms with van der Waals surface area (Å²) in [5.74, 6) is -2.04. The number of rotatable bonds is 6. The van der Waals surface area contributed by atoms with Crippen molar-refractivity contribution in [3.05, 3.63) is 99.0 Å². The van der Waals surface area contributed by atoms with Crippen LogP contribution in [0.25, 0.3) is 0 Å². The number of carbonyl (C=O) groups excluding carboxylic acids is 3. The lowest BCUT2D eigenvalue weighted by atomic mass is 9.82. The Labute approximate surface area is 230 Å². The Hall–Kier alpha value is -4.35. The molecule has 0 spiro atoms. The molecular formula is C28H21N3O6S2. The van der Waals surface area contributed by atoms with E-state index in [1.165, 1.54) is 28.8 Å². The summed E-state index contributed by atoms with van der Waals surface area (Å²) in [6.45, 7) is -0.313. The Kier molecular flexibility index (Phi) is 6.45. The molecular weight excluding hydrogens is 538 g/mol. The summed E-state index contributed by atoms with van der Waals surface area (Å²) in [4.78, 5) is 56.8. The predicted molar refractivity (Wildman–Crippen MR) is 148 cm³/mol. The van der Waals surface area contributed by atoms with Crippen LogP contribution in [0.1, 0.15) is 16.4 Å². The number of benzene rings is 3. The number of nitrogens with zero attached hydrogens (tertiary/aromatic N) is 1. The number of hydrogen-bond acceptors (Lipinski definition) is 8. The number of phenols is 1. The summed E-state index contributed by atoms with van der Waals surface area (Å²) in [6.07, 6.45) is 0. The Morgan fingerprint density at radius 3 is 2.44 bits per heavy atom. The first-order valence-corrected chi connectivity index (χ1v) is 13.7.